The lowest BCUT2D eigenvalue weighted by atomic mass is 10.0. The summed E-state index contributed by atoms with van der Waals surface area (Å²) in [5.41, 5.74) is 0.408. The van der Waals surface area contributed by atoms with Gasteiger partial charge in [-0.1, -0.05) is 18.0 Å². The average molecular weight is 355 g/mol. The van der Waals surface area contributed by atoms with E-state index >= 15 is 0 Å². The average Bonchev–Trinajstić information content (AvgIpc) is 2.91. The van der Waals surface area contributed by atoms with Gasteiger partial charge in [-0.05, 0) is 57.7 Å². The van der Waals surface area contributed by atoms with Crippen LogP contribution in [-0.4, -0.2) is 31.4 Å². The third-order valence-corrected chi connectivity index (χ3v) is 4.30. The lowest BCUT2D eigenvalue weighted by Gasteiger charge is -2.25. The molecular formula is C18H27ClN2O3. The molecule has 134 valence electrons. The lowest BCUT2D eigenvalue weighted by Crippen LogP contribution is -2.38. The minimum atomic E-state index is -0.481. The molecule has 2 N–H and O–H groups in total. The molecule has 1 saturated carbocycles. The van der Waals surface area contributed by atoms with E-state index < -0.39 is 5.60 Å². The summed E-state index contributed by atoms with van der Waals surface area (Å²) in [6.45, 7) is 6.17. The zero-order chi connectivity index (χ0) is 17.7. The maximum absolute atomic E-state index is 11.8. The van der Waals surface area contributed by atoms with E-state index in [9.17, 15) is 4.79 Å². The first kappa shape index (κ1) is 18.7. The van der Waals surface area contributed by atoms with Crippen molar-refractivity contribution in [3.8, 4) is 5.75 Å². The van der Waals surface area contributed by atoms with E-state index in [1.807, 2.05) is 39.0 Å². The normalized spacial score (nSPS) is 20.5. The van der Waals surface area contributed by atoms with Crippen LogP contribution in [-0.2, 0) is 4.74 Å². The largest absolute Gasteiger partial charge is 0.495 e. The van der Waals surface area contributed by atoms with Crippen LogP contribution in [0.5, 0.6) is 5.75 Å². The number of benzene rings is 1. The van der Waals surface area contributed by atoms with Gasteiger partial charge in [0, 0.05) is 17.6 Å². The zero-order valence-corrected chi connectivity index (χ0v) is 15.6. The molecule has 0 radical (unpaired) electrons. The summed E-state index contributed by atoms with van der Waals surface area (Å²) in [6, 6.07) is 5.80. The molecule has 1 aromatic rings. The number of hydrogen-bond acceptors (Lipinski definition) is 4. The zero-order valence-electron chi connectivity index (χ0n) is 14.8. The van der Waals surface area contributed by atoms with Crippen LogP contribution in [0.1, 0.15) is 40.0 Å². The van der Waals surface area contributed by atoms with Crippen LogP contribution in [0.4, 0.5) is 10.5 Å². The summed E-state index contributed by atoms with van der Waals surface area (Å²) in [5.74, 6) is 1.12. The van der Waals surface area contributed by atoms with Crippen molar-refractivity contribution in [3.05, 3.63) is 23.2 Å². The fourth-order valence-corrected chi connectivity index (χ4v) is 3.16. The molecule has 0 heterocycles. The van der Waals surface area contributed by atoms with Gasteiger partial charge in [-0.25, -0.2) is 4.79 Å². The Hall–Kier alpha value is -1.62. The minimum Gasteiger partial charge on any atom is -0.495 e. The van der Waals surface area contributed by atoms with Gasteiger partial charge in [0.25, 0.3) is 0 Å². The molecule has 0 saturated heterocycles. The Kier molecular flexibility index (Phi) is 6.21. The molecular weight excluding hydrogens is 328 g/mol. The fourth-order valence-electron chi connectivity index (χ4n) is 2.99. The maximum atomic E-state index is 11.8. The number of halogens is 1. The van der Waals surface area contributed by atoms with E-state index in [1.165, 1.54) is 0 Å². The third kappa shape index (κ3) is 5.48. The van der Waals surface area contributed by atoms with E-state index in [2.05, 4.69) is 10.6 Å². The Balaban J connectivity index is 1.94. The van der Waals surface area contributed by atoms with Gasteiger partial charge in [-0.3, -0.25) is 0 Å². The van der Waals surface area contributed by atoms with Gasteiger partial charge in [0.1, 0.15) is 11.4 Å². The number of alkyl carbamates (subject to hydrolysis) is 1. The van der Waals surface area contributed by atoms with E-state index in [0.717, 1.165) is 30.7 Å². The molecule has 0 bridgehead atoms. The van der Waals surface area contributed by atoms with Gasteiger partial charge in [0.05, 0.1) is 12.8 Å². The van der Waals surface area contributed by atoms with Crippen LogP contribution in [0.25, 0.3) is 0 Å². The van der Waals surface area contributed by atoms with Crippen molar-refractivity contribution in [1.82, 2.24) is 5.32 Å². The number of carbonyl (C=O) groups is 1. The first-order chi connectivity index (χ1) is 11.3. The van der Waals surface area contributed by atoms with E-state index in [1.54, 1.807) is 7.11 Å². The van der Waals surface area contributed by atoms with Crippen molar-refractivity contribution in [2.75, 3.05) is 19.0 Å². The van der Waals surface area contributed by atoms with Crippen LogP contribution in [0, 0.1) is 5.92 Å². The first-order valence-corrected chi connectivity index (χ1v) is 8.73. The third-order valence-electron chi connectivity index (χ3n) is 4.07. The second kappa shape index (κ2) is 7.97. The maximum Gasteiger partial charge on any atom is 0.407 e. The number of nitrogens with one attached hydrogen (secondary N) is 2. The van der Waals surface area contributed by atoms with Gasteiger partial charge in [-0.15, -0.1) is 0 Å². The highest BCUT2D eigenvalue weighted by molar-refractivity contribution is 6.30. The molecule has 1 fully saturated rings. The topological polar surface area (TPSA) is 59.6 Å². The lowest BCUT2D eigenvalue weighted by molar-refractivity contribution is 0.0519. The number of rotatable bonds is 5. The number of methoxy groups -OCH3 is 1. The summed E-state index contributed by atoms with van der Waals surface area (Å²) in [7, 11) is 1.64. The Labute approximate surface area is 149 Å². The van der Waals surface area contributed by atoms with Gasteiger partial charge in [0.15, 0.2) is 0 Å². The molecule has 2 unspecified atom stereocenters. The molecule has 1 aliphatic carbocycles. The molecule has 0 aromatic heterocycles. The van der Waals surface area contributed by atoms with Crippen molar-refractivity contribution in [2.45, 2.75) is 51.7 Å². The fraction of sp³-hybridized carbons (Fsp3) is 0.611. The van der Waals surface area contributed by atoms with Crippen LogP contribution in [0.3, 0.4) is 0 Å². The van der Waals surface area contributed by atoms with Gasteiger partial charge < -0.3 is 20.1 Å². The predicted molar refractivity (Wildman–Crippen MR) is 97.0 cm³/mol. The second-order valence-corrected chi connectivity index (χ2v) is 7.61. The highest BCUT2D eigenvalue weighted by atomic mass is 35.5. The van der Waals surface area contributed by atoms with Crippen LogP contribution >= 0.6 is 11.6 Å². The van der Waals surface area contributed by atoms with E-state index in [-0.39, 0.29) is 12.1 Å². The van der Waals surface area contributed by atoms with Crippen molar-refractivity contribution < 1.29 is 14.3 Å². The summed E-state index contributed by atoms with van der Waals surface area (Å²) in [4.78, 5) is 11.8. The standard InChI is InChI=1S/C18H27ClN2O3/c1-18(2,3)24-17(22)20-11-12-6-5-7-14(12)21-15-10-13(19)8-9-16(15)23-4/h8-10,12,14,21H,5-7,11H2,1-4H3,(H,20,22). The molecule has 0 spiro atoms. The van der Waals surface area contributed by atoms with E-state index in [4.69, 9.17) is 21.1 Å². The van der Waals surface area contributed by atoms with Gasteiger partial charge >= 0.3 is 6.09 Å². The van der Waals surface area contributed by atoms with Gasteiger partial charge in [0.2, 0.25) is 0 Å². The smallest absolute Gasteiger partial charge is 0.407 e. The highest BCUT2D eigenvalue weighted by Gasteiger charge is 2.29. The molecule has 24 heavy (non-hydrogen) atoms. The minimum absolute atomic E-state index is 0.271. The van der Waals surface area contributed by atoms with Crippen LogP contribution < -0.4 is 15.4 Å². The van der Waals surface area contributed by atoms with E-state index in [0.29, 0.717) is 17.5 Å². The molecule has 1 amide bonds. The Morgan fingerprint density at radius 3 is 2.75 bits per heavy atom. The van der Waals surface area contributed by atoms with Crippen LogP contribution in [0.15, 0.2) is 18.2 Å². The van der Waals surface area contributed by atoms with Crippen LogP contribution in [0.2, 0.25) is 5.02 Å². The summed E-state index contributed by atoms with van der Waals surface area (Å²) >= 11 is 6.09. The molecule has 1 aromatic carbocycles. The molecule has 1 aliphatic rings. The summed E-state index contributed by atoms with van der Waals surface area (Å²) in [6.07, 6.45) is 2.88. The molecule has 5 nitrogen and oxygen atoms in total. The Bertz CT molecular complexity index is 572. The SMILES string of the molecule is COc1ccc(Cl)cc1NC1CCCC1CNC(=O)OC(C)(C)C. The van der Waals surface area contributed by atoms with Crippen molar-refractivity contribution >= 4 is 23.4 Å². The quantitative estimate of drug-likeness (QED) is 0.819. The number of amides is 1. The predicted octanol–water partition coefficient (Wildman–Crippen LogP) is 4.45. The summed E-state index contributed by atoms with van der Waals surface area (Å²) in [5, 5.41) is 7.07. The highest BCUT2D eigenvalue weighted by Crippen LogP contribution is 2.33. The summed E-state index contributed by atoms with van der Waals surface area (Å²) < 4.78 is 10.7. The number of hydrogen-bond donors (Lipinski definition) is 2. The Morgan fingerprint density at radius 2 is 2.08 bits per heavy atom. The first-order valence-electron chi connectivity index (χ1n) is 8.35. The Morgan fingerprint density at radius 1 is 1.33 bits per heavy atom. The molecule has 0 aliphatic heterocycles. The molecule has 2 rings (SSSR count). The molecule has 2 atom stereocenters. The number of carbonyl (C=O) groups excluding carboxylic acids is 1. The number of ether oxygens (including phenoxy) is 2. The van der Waals surface area contributed by atoms with Crippen molar-refractivity contribution in [3.63, 3.8) is 0 Å². The second-order valence-electron chi connectivity index (χ2n) is 7.17. The monoisotopic (exact) mass is 354 g/mol. The van der Waals surface area contributed by atoms with Crippen molar-refractivity contribution in [1.29, 1.82) is 0 Å². The number of anilines is 1. The molecule has 6 heteroatoms. The van der Waals surface area contributed by atoms with Gasteiger partial charge in [-0.2, -0.15) is 0 Å². The van der Waals surface area contributed by atoms with Crippen molar-refractivity contribution in [2.24, 2.45) is 5.92 Å².